The number of aryl methyl sites for hydroxylation is 1. The molecular formula is C25H22N2O2. The van der Waals surface area contributed by atoms with Gasteiger partial charge in [0.25, 0.3) is 0 Å². The van der Waals surface area contributed by atoms with Crippen molar-refractivity contribution in [2.45, 2.75) is 13.0 Å². The zero-order chi connectivity index (χ0) is 20.2. The molecule has 0 saturated heterocycles. The summed E-state index contributed by atoms with van der Waals surface area (Å²) in [5.41, 5.74) is 4.65. The Morgan fingerprint density at radius 3 is 2.41 bits per heavy atom. The molecule has 29 heavy (non-hydrogen) atoms. The van der Waals surface area contributed by atoms with Gasteiger partial charge in [-0.15, -0.1) is 0 Å². The van der Waals surface area contributed by atoms with E-state index < -0.39 is 0 Å². The van der Waals surface area contributed by atoms with E-state index in [1.54, 1.807) is 17.1 Å². The van der Waals surface area contributed by atoms with Crippen molar-refractivity contribution < 1.29 is 9.59 Å². The maximum atomic E-state index is 13.2. The maximum absolute atomic E-state index is 13.2. The SMILES string of the molecule is Cc1ccc2c(c1)C(c1ccccc1)N(C(=O)C=Cc1ccccc1)CC(=O)N2. The number of benzene rings is 3. The third-order valence-corrected chi connectivity index (χ3v) is 5.02. The Balaban J connectivity index is 1.78. The monoisotopic (exact) mass is 382 g/mol. The molecule has 1 unspecified atom stereocenters. The molecule has 1 aliphatic heterocycles. The summed E-state index contributed by atoms with van der Waals surface area (Å²) >= 11 is 0. The summed E-state index contributed by atoms with van der Waals surface area (Å²) in [6, 6.07) is 25.1. The van der Waals surface area contributed by atoms with Gasteiger partial charge in [-0.25, -0.2) is 0 Å². The molecule has 3 aromatic carbocycles. The average Bonchev–Trinajstić information content (AvgIpc) is 2.89. The molecule has 1 aliphatic rings. The Bertz CT molecular complexity index is 1060. The van der Waals surface area contributed by atoms with Gasteiger partial charge >= 0.3 is 0 Å². The molecule has 0 aliphatic carbocycles. The number of nitrogens with one attached hydrogen (secondary N) is 1. The van der Waals surface area contributed by atoms with Crippen LogP contribution in [0.2, 0.25) is 0 Å². The van der Waals surface area contributed by atoms with E-state index in [0.717, 1.165) is 27.9 Å². The highest BCUT2D eigenvalue weighted by atomic mass is 16.2. The first kappa shape index (κ1) is 18.7. The van der Waals surface area contributed by atoms with Crippen LogP contribution in [0.15, 0.2) is 84.9 Å². The number of hydrogen-bond acceptors (Lipinski definition) is 2. The Kier molecular flexibility index (Phi) is 5.25. The molecular weight excluding hydrogens is 360 g/mol. The highest BCUT2D eigenvalue weighted by Gasteiger charge is 2.32. The van der Waals surface area contributed by atoms with Gasteiger partial charge in [0.05, 0.1) is 6.04 Å². The second-order valence-corrected chi connectivity index (χ2v) is 7.16. The van der Waals surface area contributed by atoms with Gasteiger partial charge in [-0.3, -0.25) is 9.59 Å². The Morgan fingerprint density at radius 2 is 1.69 bits per heavy atom. The number of rotatable bonds is 3. The van der Waals surface area contributed by atoms with Gasteiger partial charge in [0.1, 0.15) is 6.54 Å². The first-order chi connectivity index (χ1) is 14.1. The second-order valence-electron chi connectivity index (χ2n) is 7.16. The quantitative estimate of drug-likeness (QED) is 0.674. The first-order valence-electron chi connectivity index (χ1n) is 9.61. The van der Waals surface area contributed by atoms with Gasteiger partial charge in [0, 0.05) is 17.3 Å². The lowest BCUT2D eigenvalue weighted by Gasteiger charge is -2.30. The van der Waals surface area contributed by atoms with Crippen molar-refractivity contribution in [2.75, 3.05) is 11.9 Å². The highest BCUT2D eigenvalue weighted by Crippen LogP contribution is 2.36. The van der Waals surface area contributed by atoms with Crippen LogP contribution in [0.1, 0.15) is 28.3 Å². The van der Waals surface area contributed by atoms with Crippen molar-refractivity contribution in [2.24, 2.45) is 0 Å². The molecule has 1 atom stereocenters. The number of anilines is 1. The molecule has 4 rings (SSSR count). The van der Waals surface area contributed by atoms with Crippen LogP contribution in [-0.2, 0) is 9.59 Å². The minimum absolute atomic E-state index is 0.00868. The van der Waals surface area contributed by atoms with E-state index in [4.69, 9.17) is 0 Å². The van der Waals surface area contributed by atoms with Gasteiger partial charge in [0.15, 0.2) is 0 Å². The molecule has 1 N–H and O–H groups in total. The fourth-order valence-corrected chi connectivity index (χ4v) is 3.65. The van der Waals surface area contributed by atoms with Crippen molar-refractivity contribution in [1.29, 1.82) is 0 Å². The zero-order valence-electron chi connectivity index (χ0n) is 16.2. The molecule has 0 radical (unpaired) electrons. The van der Waals surface area contributed by atoms with Crippen molar-refractivity contribution in [3.63, 3.8) is 0 Å². The lowest BCUT2D eigenvalue weighted by Crippen LogP contribution is -2.38. The third-order valence-electron chi connectivity index (χ3n) is 5.02. The van der Waals surface area contributed by atoms with E-state index in [2.05, 4.69) is 5.32 Å². The number of amides is 2. The van der Waals surface area contributed by atoms with Crippen LogP contribution in [0.5, 0.6) is 0 Å². The molecule has 0 aromatic heterocycles. The molecule has 0 bridgehead atoms. The fourth-order valence-electron chi connectivity index (χ4n) is 3.65. The van der Waals surface area contributed by atoms with Crippen LogP contribution >= 0.6 is 0 Å². The topological polar surface area (TPSA) is 49.4 Å². The van der Waals surface area contributed by atoms with E-state index >= 15 is 0 Å². The van der Waals surface area contributed by atoms with E-state index in [-0.39, 0.29) is 24.4 Å². The van der Waals surface area contributed by atoms with Crippen LogP contribution in [0.25, 0.3) is 6.08 Å². The van der Waals surface area contributed by atoms with Crippen molar-refractivity contribution >= 4 is 23.6 Å². The molecule has 4 nitrogen and oxygen atoms in total. The van der Waals surface area contributed by atoms with Crippen LogP contribution in [0.4, 0.5) is 5.69 Å². The highest BCUT2D eigenvalue weighted by molar-refractivity contribution is 6.00. The van der Waals surface area contributed by atoms with E-state index in [9.17, 15) is 9.59 Å². The van der Waals surface area contributed by atoms with Crippen molar-refractivity contribution in [1.82, 2.24) is 4.90 Å². The number of carbonyl (C=O) groups is 2. The summed E-state index contributed by atoms with van der Waals surface area (Å²) in [6.07, 6.45) is 3.32. The second kappa shape index (κ2) is 8.15. The summed E-state index contributed by atoms with van der Waals surface area (Å²) < 4.78 is 0. The van der Waals surface area contributed by atoms with E-state index in [1.807, 2.05) is 85.8 Å². The average molecular weight is 382 g/mol. The first-order valence-corrected chi connectivity index (χ1v) is 9.61. The molecule has 144 valence electrons. The maximum Gasteiger partial charge on any atom is 0.247 e. The molecule has 0 saturated carbocycles. The molecule has 2 amide bonds. The smallest absolute Gasteiger partial charge is 0.247 e. The largest absolute Gasteiger partial charge is 0.324 e. The lowest BCUT2D eigenvalue weighted by atomic mass is 9.94. The standard InChI is InChI=1S/C25H22N2O2/c1-18-12-14-22-21(16-18)25(20-10-6-3-7-11-20)27(17-23(28)26-22)24(29)15-13-19-8-4-2-5-9-19/h2-16,25H,17H2,1H3,(H,26,28). The minimum atomic E-state index is -0.349. The zero-order valence-corrected chi connectivity index (χ0v) is 16.2. The van der Waals surface area contributed by atoms with Crippen LogP contribution in [0.3, 0.4) is 0 Å². The Labute approximate surface area is 170 Å². The minimum Gasteiger partial charge on any atom is -0.324 e. The summed E-state index contributed by atoms with van der Waals surface area (Å²) in [6.45, 7) is 2.00. The summed E-state index contributed by atoms with van der Waals surface area (Å²) in [4.78, 5) is 27.4. The predicted octanol–water partition coefficient (Wildman–Crippen LogP) is 4.58. The van der Waals surface area contributed by atoms with Gasteiger partial charge in [-0.1, -0.05) is 78.4 Å². The molecule has 0 spiro atoms. The fraction of sp³-hybridized carbons (Fsp3) is 0.120. The van der Waals surface area contributed by atoms with Gasteiger partial charge in [-0.05, 0) is 30.2 Å². The number of fused-ring (bicyclic) bond motifs is 1. The van der Waals surface area contributed by atoms with Crippen LogP contribution in [-0.4, -0.2) is 23.3 Å². The summed E-state index contributed by atoms with van der Waals surface area (Å²) in [5.74, 6) is -0.401. The van der Waals surface area contributed by atoms with Crippen molar-refractivity contribution in [3.8, 4) is 0 Å². The lowest BCUT2D eigenvalue weighted by molar-refractivity contribution is -0.131. The van der Waals surface area contributed by atoms with Crippen LogP contribution < -0.4 is 5.32 Å². The van der Waals surface area contributed by atoms with E-state index in [1.165, 1.54) is 0 Å². The van der Waals surface area contributed by atoms with Gasteiger partial charge < -0.3 is 10.2 Å². The van der Waals surface area contributed by atoms with Crippen molar-refractivity contribution in [3.05, 3.63) is 107 Å². The van der Waals surface area contributed by atoms with Gasteiger partial charge in [-0.2, -0.15) is 0 Å². The predicted molar refractivity (Wildman–Crippen MR) is 115 cm³/mol. The normalized spacial score (nSPS) is 16.2. The molecule has 1 heterocycles. The van der Waals surface area contributed by atoms with Crippen LogP contribution in [0, 0.1) is 6.92 Å². The van der Waals surface area contributed by atoms with Gasteiger partial charge in [0.2, 0.25) is 11.8 Å². The summed E-state index contributed by atoms with van der Waals surface area (Å²) in [7, 11) is 0. The Morgan fingerprint density at radius 1 is 1.00 bits per heavy atom. The summed E-state index contributed by atoms with van der Waals surface area (Å²) in [5, 5.41) is 2.95. The van der Waals surface area contributed by atoms with E-state index in [0.29, 0.717) is 0 Å². The number of hydrogen-bond donors (Lipinski definition) is 1. The Hall–Kier alpha value is -3.66. The molecule has 3 aromatic rings. The number of carbonyl (C=O) groups excluding carboxylic acids is 2. The third kappa shape index (κ3) is 4.11. The molecule has 0 fully saturated rings. The number of nitrogens with zero attached hydrogens (tertiary/aromatic N) is 1. The molecule has 4 heteroatoms.